The minimum atomic E-state index is 0.179. The van der Waals surface area contributed by atoms with Gasteiger partial charge < -0.3 is 14.5 Å². The van der Waals surface area contributed by atoms with Crippen LogP contribution in [0.4, 0.5) is 0 Å². The molecule has 0 atom stereocenters. The van der Waals surface area contributed by atoms with E-state index in [-0.39, 0.29) is 5.91 Å². The second-order valence-corrected chi connectivity index (χ2v) is 7.17. The van der Waals surface area contributed by atoms with Crippen molar-refractivity contribution in [3.8, 4) is 16.3 Å². The first kappa shape index (κ1) is 17.9. The molecule has 1 aromatic carbocycles. The van der Waals surface area contributed by atoms with Crippen molar-refractivity contribution in [1.29, 1.82) is 0 Å². The first-order chi connectivity index (χ1) is 12.2. The van der Waals surface area contributed by atoms with Gasteiger partial charge in [0.2, 0.25) is 5.91 Å². The van der Waals surface area contributed by atoms with Gasteiger partial charge >= 0.3 is 0 Å². The summed E-state index contributed by atoms with van der Waals surface area (Å²) in [7, 11) is 2.11. The predicted octanol–water partition coefficient (Wildman–Crippen LogP) is 2.92. The van der Waals surface area contributed by atoms with Crippen LogP contribution in [0.1, 0.15) is 19.0 Å². The maximum absolute atomic E-state index is 12.5. The van der Waals surface area contributed by atoms with Crippen molar-refractivity contribution in [2.75, 3.05) is 39.8 Å². The first-order valence-electron chi connectivity index (χ1n) is 8.79. The minimum Gasteiger partial charge on any atom is -0.494 e. The van der Waals surface area contributed by atoms with Gasteiger partial charge in [-0.15, -0.1) is 11.3 Å². The Bertz CT molecular complexity index is 699. The molecule has 1 aliphatic heterocycles. The molecule has 1 aliphatic rings. The molecule has 6 heteroatoms. The topological polar surface area (TPSA) is 45.7 Å². The van der Waals surface area contributed by atoms with Crippen LogP contribution in [0, 0.1) is 0 Å². The molecule has 0 unspecified atom stereocenters. The average Bonchev–Trinajstić information content (AvgIpc) is 2.96. The zero-order valence-corrected chi connectivity index (χ0v) is 15.7. The molecule has 0 spiro atoms. The molecule has 2 aromatic rings. The number of benzene rings is 1. The number of carbonyl (C=O) groups excluding carboxylic acids is 1. The summed E-state index contributed by atoms with van der Waals surface area (Å²) in [4.78, 5) is 21.4. The van der Waals surface area contributed by atoms with Crippen LogP contribution in [0.3, 0.4) is 0 Å². The van der Waals surface area contributed by atoms with Crippen molar-refractivity contribution in [1.82, 2.24) is 14.8 Å². The Morgan fingerprint density at radius 1 is 1.20 bits per heavy atom. The third-order valence-corrected chi connectivity index (χ3v) is 5.31. The van der Waals surface area contributed by atoms with E-state index in [1.54, 1.807) is 11.3 Å². The van der Waals surface area contributed by atoms with Crippen LogP contribution in [0.15, 0.2) is 29.6 Å². The normalized spacial score (nSPS) is 15.8. The van der Waals surface area contributed by atoms with Crippen LogP contribution in [0.2, 0.25) is 0 Å². The van der Waals surface area contributed by atoms with Crippen molar-refractivity contribution in [2.45, 2.75) is 19.8 Å². The van der Waals surface area contributed by atoms with Gasteiger partial charge in [-0.05, 0) is 51.2 Å². The first-order valence-corrected chi connectivity index (χ1v) is 9.67. The Balaban J connectivity index is 1.62. The molecule has 1 fully saturated rings. The van der Waals surface area contributed by atoms with E-state index in [9.17, 15) is 4.79 Å². The van der Waals surface area contributed by atoms with Gasteiger partial charge in [0.1, 0.15) is 10.8 Å². The van der Waals surface area contributed by atoms with E-state index in [1.807, 2.05) is 41.5 Å². The lowest BCUT2D eigenvalue weighted by Crippen LogP contribution is -2.35. The van der Waals surface area contributed by atoms with E-state index in [1.165, 1.54) is 0 Å². The van der Waals surface area contributed by atoms with Gasteiger partial charge in [-0.25, -0.2) is 4.98 Å². The number of aromatic nitrogens is 1. The maximum Gasteiger partial charge on any atom is 0.228 e. The highest BCUT2D eigenvalue weighted by Crippen LogP contribution is 2.26. The van der Waals surface area contributed by atoms with E-state index in [0.717, 1.165) is 54.6 Å². The van der Waals surface area contributed by atoms with Crippen molar-refractivity contribution in [2.24, 2.45) is 0 Å². The van der Waals surface area contributed by atoms with Gasteiger partial charge in [0, 0.05) is 30.6 Å². The largest absolute Gasteiger partial charge is 0.494 e. The standard InChI is InChI=1S/C19H25N3O2S/c1-3-24-17-7-5-15(6-8-17)19-20-16(14-25-19)13-18(23)22-10-4-9-21(2)11-12-22/h5-8,14H,3-4,9-13H2,1-2H3. The zero-order chi connectivity index (χ0) is 17.6. The third kappa shape index (κ3) is 4.80. The van der Waals surface area contributed by atoms with Gasteiger partial charge in [0.15, 0.2) is 0 Å². The fourth-order valence-corrected chi connectivity index (χ4v) is 3.77. The lowest BCUT2D eigenvalue weighted by atomic mass is 10.2. The van der Waals surface area contributed by atoms with E-state index >= 15 is 0 Å². The molecule has 1 amide bonds. The highest BCUT2D eigenvalue weighted by molar-refractivity contribution is 7.13. The van der Waals surface area contributed by atoms with Gasteiger partial charge in [-0.1, -0.05) is 0 Å². The summed E-state index contributed by atoms with van der Waals surface area (Å²) < 4.78 is 5.47. The number of likely N-dealkylation sites (N-methyl/N-ethyl adjacent to an activating group) is 1. The number of nitrogens with zero attached hydrogens (tertiary/aromatic N) is 3. The number of amides is 1. The van der Waals surface area contributed by atoms with Crippen molar-refractivity contribution >= 4 is 17.2 Å². The molecule has 1 aromatic heterocycles. The van der Waals surface area contributed by atoms with E-state index in [2.05, 4.69) is 16.9 Å². The lowest BCUT2D eigenvalue weighted by molar-refractivity contribution is -0.130. The number of thiazole rings is 1. The smallest absolute Gasteiger partial charge is 0.228 e. The van der Waals surface area contributed by atoms with Crippen LogP contribution in [-0.2, 0) is 11.2 Å². The SMILES string of the molecule is CCOc1ccc(-c2nc(CC(=O)N3CCCN(C)CC3)cs2)cc1. The molecule has 25 heavy (non-hydrogen) atoms. The quantitative estimate of drug-likeness (QED) is 0.823. The molecule has 5 nitrogen and oxygen atoms in total. The summed E-state index contributed by atoms with van der Waals surface area (Å²) in [6.45, 7) is 6.29. The zero-order valence-electron chi connectivity index (χ0n) is 14.9. The fourth-order valence-electron chi connectivity index (χ4n) is 2.94. The van der Waals surface area contributed by atoms with E-state index in [4.69, 9.17) is 4.74 Å². The monoisotopic (exact) mass is 359 g/mol. The number of hydrogen-bond donors (Lipinski definition) is 0. The fraction of sp³-hybridized carbons (Fsp3) is 0.474. The van der Waals surface area contributed by atoms with Crippen LogP contribution in [-0.4, -0.2) is 60.5 Å². The molecule has 0 bridgehead atoms. The Hall–Kier alpha value is -1.92. The summed E-state index contributed by atoms with van der Waals surface area (Å²) >= 11 is 1.58. The molecule has 0 aliphatic carbocycles. The molecular formula is C19H25N3O2S. The Morgan fingerprint density at radius 3 is 2.76 bits per heavy atom. The Kier molecular flexibility index (Phi) is 6.04. The van der Waals surface area contributed by atoms with Gasteiger partial charge in [0.25, 0.3) is 0 Å². The molecule has 0 radical (unpaired) electrons. The minimum absolute atomic E-state index is 0.179. The molecular weight excluding hydrogens is 334 g/mol. The average molecular weight is 359 g/mol. The number of rotatable bonds is 5. The van der Waals surface area contributed by atoms with Crippen LogP contribution in [0.25, 0.3) is 10.6 Å². The summed E-state index contributed by atoms with van der Waals surface area (Å²) in [5.41, 5.74) is 1.92. The second kappa shape index (κ2) is 8.45. The maximum atomic E-state index is 12.5. The highest BCUT2D eigenvalue weighted by atomic mass is 32.1. The van der Waals surface area contributed by atoms with Gasteiger partial charge in [-0.2, -0.15) is 0 Å². The Labute approximate surface area is 153 Å². The second-order valence-electron chi connectivity index (χ2n) is 6.32. The number of carbonyl (C=O) groups is 1. The lowest BCUT2D eigenvalue weighted by Gasteiger charge is -2.20. The van der Waals surface area contributed by atoms with E-state index < -0.39 is 0 Å². The molecule has 1 saturated heterocycles. The summed E-state index contributed by atoms with van der Waals surface area (Å²) in [6, 6.07) is 7.94. The highest BCUT2D eigenvalue weighted by Gasteiger charge is 2.18. The predicted molar refractivity (Wildman–Crippen MR) is 101 cm³/mol. The summed E-state index contributed by atoms with van der Waals surface area (Å²) in [6.07, 6.45) is 1.42. The van der Waals surface area contributed by atoms with Crippen LogP contribution in [0.5, 0.6) is 5.75 Å². The van der Waals surface area contributed by atoms with Gasteiger partial charge in [-0.3, -0.25) is 4.79 Å². The molecule has 0 N–H and O–H groups in total. The van der Waals surface area contributed by atoms with E-state index in [0.29, 0.717) is 13.0 Å². The van der Waals surface area contributed by atoms with Gasteiger partial charge in [0.05, 0.1) is 18.7 Å². The number of hydrogen-bond acceptors (Lipinski definition) is 5. The molecule has 134 valence electrons. The Morgan fingerprint density at radius 2 is 2.00 bits per heavy atom. The van der Waals surface area contributed by atoms with Crippen LogP contribution < -0.4 is 4.74 Å². The van der Waals surface area contributed by atoms with Crippen LogP contribution >= 0.6 is 11.3 Å². The van der Waals surface area contributed by atoms with Crippen molar-refractivity contribution in [3.63, 3.8) is 0 Å². The molecule has 3 rings (SSSR count). The summed E-state index contributed by atoms with van der Waals surface area (Å²) in [5.74, 6) is 1.04. The third-order valence-electron chi connectivity index (χ3n) is 4.37. The molecule has 0 saturated carbocycles. The summed E-state index contributed by atoms with van der Waals surface area (Å²) in [5, 5.41) is 2.94. The van der Waals surface area contributed by atoms with Crippen molar-refractivity contribution < 1.29 is 9.53 Å². The molecule has 2 heterocycles. The van der Waals surface area contributed by atoms with Crippen molar-refractivity contribution in [3.05, 3.63) is 35.3 Å². The number of ether oxygens (including phenoxy) is 1.